The molecule has 1 heterocycles. The van der Waals surface area contributed by atoms with Crippen LogP contribution in [0.5, 0.6) is 5.75 Å². The first-order valence-electron chi connectivity index (χ1n) is 3.96. The third-order valence-corrected chi connectivity index (χ3v) is 1.62. The normalized spacial score (nSPS) is 9.83. The number of nitrogens with zero attached hydrogens (tertiary/aromatic N) is 1. The number of methoxy groups -OCH3 is 1. The molecule has 0 fully saturated rings. The fourth-order valence-corrected chi connectivity index (χ4v) is 0.940. The quantitative estimate of drug-likeness (QED) is 0.727. The van der Waals surface area contributed by atoms with Gasteiger partial charge in [-0.25, -0.2) is 0 Å². The molecule has 1 N–H and O–H groups in total. The van der Waals surface area contributed by atoms with Gasteiger partial charge in [-0.1, -0.05) is 0 Å². The Balaban J connectivity index is 2.53. The molecule has 1 aromatic heterocycles. The summed E-state index contributed by atoms with van der Waals surface area (Å²) in [7, 11) is 1.62. The van der Waals surface area contributed by atoms with Crippen LogP contribution in [0.4, 0.5) is 0 Å². The molecule has 0 aliphatic heterocycles. The summed E-state index contributed by atoms with van der Waals surface area (Å²) in [6.07, 6.45) is 3.27. The summed E-state index contributed by atoms with van der Waals surface area (Å²) < 4.78 is 4.96. The molecular weight excluding hydrogens is 154 g/mol. The third kappa shape index (κ3) is 2.51. The van der Waals surface area contributed by atoms with Gasteiger partial charge in [0.1, 0.15) is 5.75 Å². The zero-order valence-electron chi connectivity index (χ0n) is 7.16. The summed E-state index contributed by atoms with van der Waals surface area (Å²) in [5.74, 6) is 0.766. The van der Waals surface area contributed by atoms with Gasteiger partial charge in [-0.3, -0.25) is 4.98 Å². The van der Waals surface area contributed by atoms with Crippen molar-refractivity contribution in [2.24, 2.45) is 0 Å². The number of hydrogen-bond acceptors (Lipinski definition) is 3. The van der Waals surface area contributed by atoms with E-state index in [1.807, 2.05) is 12.1 Å². The van der Waals surface area contributed by atoms with Crippen LogP contribution in [0.3, 0.4) is 0 Å². The van der Waals surface area contributed by atoms with Gasteiger partial charge in [-0.2, -0.15) is 0 Å². The SMILES string of the molecule is COc1ccc(CCCO)nc1. The van der Waals surface area contributed by atoms with E-state index in [2.05, 4.69) is 4.98 Å². The third-order valence-electron chi connectivity index (χ3n) is 1.62. The second-order valence-electron chi connectivity index (χ2n) is 2.52. The monoisotopic (exact) mass is 167 g/mol. The summed E-state index contributed by atoms with van der Waals surface area (Å²) in [4.78, 5) is 4.15. The average molecular weight is 167 g/mol. The molecule has 0 atom stereocenters. The first-order valence-corrected chi connectivity index (χ1v) is 3.96. The van der Waals surface area contributed by atoms with Gasteiger partial charge in [0, 0.05) is 12.3 Å². The molecule has 0 saturated carbocycles. The zero-order valence-corrected chi connectivity index (χ0v) is 7.16. The minimum atomic E-state index is 0.216. The lowest BCUT2D eigenvalue weighted by Gasteiger charge is -2.00. The lowest BCUT2D eigenvalue weighted by molar-refractivity contribution is 0.288. The van der Waals surface area contributed by atoms with E-state index in [-0.39, 0.29) is 6.61 Å². The molecule has 3 nitrogen and oxygen atoms in total. The van der Waals surface area contributed by atoms with Crippen molar-refractivity contribution in [1.29, 1.82) is 0 Å². The van der Waals surface area contributed by atoms with Gasteiger partial charge in [0.2, 0.25) is 0 Å². The second-order valence-corrected chi connectivity index (χ2v) is 2.52. The number of aliphatic hydroxyl groups excluding tert-OH is 1. The number of hydrogen-bond donors (Lipinski definition) is 1. The maximum absolute atomic E-state index is 8.58. The highest BCUT2D eigenvalue weighted by atomic mass is 16.5. The lowest BCUT2D eigenvalue weighted by Crippen LogP contribution is -1.93. The van der Waals surface area contributed by atoms with Gasteiger partial charge in [0.15, 0.2) is 0 Å². The van der Waals surface area contributed by atoms with E-state index >= 15 is 0 Å². The highest BCUT2D eigenvalue weighted by molar-refractivity contribution is 5.19. The van der Waals surface area contributed by atoms with E-state index in [4.69, 9.17) is 9.84 Å². The first-order chi connectivity index (χ1) is 5.86. The molecule has 0 bridgehead atoms. The van der Waals surface area contributed by atoms with Crippen molar-refractivity contribution in [3.8, 4) is 5.75 Å². The van der Waals surface area contributed by atoms with E-state index in [1.54, 1.807) is 13.3 Å². The molecule has 66 valence electrons. The smallest absolute Gasteiger partial charge is 0.137 e. The Morgan fingerprint density at radius 1 is 1.50 bits per heavy atom. The standard InChI is InChI=1S/C9H13NO2/c1-12-9-5-4-8(10-7-9)3-2-6-11/h4-5,7,11H,2-3,6H2,1H3. The second kappa shape index (κ2) is 4.72. The van der Waals surface area contributed by atoms with E-state index < -0.39 is 0 Å². The van der Waals surface area contributed by atoms with Crippen LogP contribution in [0.1, 0.15) is 12.1 Å². The number of aliphatic hydroxyl groups is 1. The van der Waals surface area contributed by atoms with Crippen LogP contribution in [0, 0.1) is 0 Å². The van der Waals surface area contributed by atoms with Gasteiger partial charge in [0.25, 0.3) is 0 Å². The van der Waals surface area contributed by atoms with Crippen molar-refractivity contribution in [2.75, 3.05) is 13.7 Å². The maximum atomic E-state index is 8.58. The topological polar surface area (TPSA) is 42.4 Å². The van der Waals surface area contributed by atoms with Gasteiger partial charge >= 0.3 is 0 Å². The van der Waals surface area contributed by atoms with Crippen LogP contribution >= 0.6 is 0 Å². The van der Waals surface area contributed by atoms with Crippen molar-refractivity contribution >= 4 is 0 Å². The molecular formula is C9H13NO2. The first kappa shape index (κ1) is 9.00. The van der Waals surface area contributed by atoms with E-state index in [9.17, 15) is 0 Å². The number of ether oxygens (including phenoxy) is 1. The Morgan fingerprint density at radius 2 is 2.33 bits per heavy atom. The Labute approximate surface area is 72.0 Å². The summed E-state index contributed by atoms with van der Waals surface area (Å²) >= 11 is 0. The molecule has 0 aliphatic carbocycles. The summed E-state index contributed by atoms with van der Waals surface area (Å²) in [6, 6.07) is 3.79. The Kier molecular flexibility index (Phi) is 3.54. The average Bonchev–Trinajstić information content (AvgIpc) is 2.15. The Bertz CT molecular complexity index is 220. The summed E-state index contributed by atoms with van der Waals surface area (Å²) in [6.45, 7) is 0.216. The molecule has 0 amide bonds. The van der Waals surface area contributed by atoms with Crippen LogP contribution in [-0.4, -0.2) is 23.8 Å². The minimum absolute atomic E-state index is 0.216. The van der Waals surface area contributed by atoms with Crippen molar-refractivity contribution in [2.45, 2.75) is 12.8 Å². The van der Waals surface area contributed by atoms with Crippen molar-refractivity contribution < 1.29 is 9.84 Å². The number of rotatable bonds is 4. The molecule has 0 spiro atoms. The van der Waals surface area contributed by atoms with Crippen molar-refractivity contribution in [3.05, 3.63) is 24.0 Å². The van der Waals surface area contributed by atoms with Crippen LogP contribution in [0.2, 0.25) is 0 Å². The zero-order chi connectivity index (χ0) is 8.81. The molecule has 0 aliphatic rings. The Hall–Kier alpha value is -1.09. The largest absolute Gasteiger partial charge is 0.495 e. The van der Waals surface area contributed by atoms with Crippen LogP contribution in [0.15, 0.2) is 18.3 Å². The number of aromatic nitrogens is 1. The highest BCUT2D eigenvalue weighted by Crippen LogP contribution is 2.08. The van der Waals surface area contributed by atoms with Crippen molar-refractivity contribution in [1.82, 2.24) is 4.98 Å². The van der Waals surface area contributed by atoms with Crippen LogP contribution in [0.25, 0.3) is 0 Å². The molecule has 0 radical (unpaired) electrons. The number of pyridine rings is 1. The molecule has 0 aromatic carbocycles. The molecule has 1 rings (SSSR count). The highest BCUT2D eigenvalue weighted by Gasteiger charge is 1.94. The summed E-state index contributed by atoms with van der Waals surface area (Å²) in [5.41, 5.74) is 0.991. The fourth-order valence-electron chi connectivity index (χ4n) is 0.940. The van der Waals surface area contributed by atoms with Gasteiger partial charge < -0.3 is 9.84 Å². The molecule has 3 heteroatoms. The molecule has 0 unspecified atom stereocenters. The van der Waals surface area contributed by atoms with Crippen LogP contribution < -0.4 is 4.74 Å². The van der Waals surface area contributed by atoms with E-state index in [0.717, 1.165) is 24.3 Å². The van der Waals surface area contributed by atoms with Crippen LogP contribution in [-0.2, 0) is 6.42 Å². The van der Waals surface area contributed by atoms with E-state index in [1.165, 1.54) is 0 Å². The number of aryl methyl sites for hydroxylation is 1. The molecule has 0 saturated heterocycles. The van der Waals surface area contributed by atoms with Gasteiger partial charge in [-0.15, -0.1) is 0 Å². The van der Waals surface area contributed by atoms with E-state index in [0.29, 0.717) is 0 Å². The maximum Gasteiger partial charge on any atom is 0.137 e. The molecule has 12 heavy (non-hydrogen) atoms. The Morgan fingerprint density at radius 3 is 2.83 bits per heavy atom. The summed E-state index contributed by atoms with van der Waals surface area (Å²) in [5, 5.41) is 8.58. The fraction of sp³-hybridized carbons (Fsp3) is 0.444. The molecule has 1 aromatic rings. The lowest BCUT2D eigenvalue weighted by atomic mass is 10.2. The van der Waals surface area contributed by atoms with Gasteiger partial charge in [-0.05, 0) is 25.0 Å². The van der Waals surface area contributed by atoms with Crippen molar-refractivity contribution in [3.63, 3.8) is 0 Å². The van der Waals surface area contributed by atoms with Gasteiger partial charge in [0.05, 0.1) is 13.3 Å². The predicted molar refractivity (Wildman–Crippen MR) is 46.2 cm³/mol. The predicted octanol–water partition coefficient (Wildman–Crippen LogP) is 1.02. The minimum Gasteiger partial charge on any atom is -0.495 e.